The molecule has 0 saturated heterocycles. The molecule has 1 aliphatic carbocycles. The molecule has 1 aliphatic rings. The molecule has 0 spiro atoms. The molecule has 0 atom stereocenters. The van der Waals surface area contributed by atoms with Crippen molar-refractivity contribution in [2.45, 2.75) is 18.4 Å². The molecule has 0 unspecified atom stereocenters. The second-order valence-electron chi connectivity index (χ2n) is 6.07. The van der Waals surface area contributed by atoms with Crippen molar-refractivity contribution in [2.24, 2.45) is 0 Å². The lowest BCUT2D eigenvalue weighted by atomic mass is 10.1. The second kappa shape index (κ2) is 5.67. The summed E-state index contributed by atoms with van der Waals surface area (Å²) in [7, 11) is 1.46. The van der Waals surface area contributed by atoms with Crippen molar-refractivity contribution in [1.29, 1.82) is 0 Å². The van der Waals surface area contributed by atoms with Gasteiger partial charge in [-0.1, -0.05) is 23.7 Å². The molecule has 1 heterocycles. The van der Waals surface area contributed by atoms with Gasteiger partial charge in [0.25, 0.3) is 6.01 Å². The molecule has 4 rings (SSSR count). The summed E-state index contributed by atoms with van der Waals surface area (Å²) >= 11 is 6.09. The van der Waals surface area contributed by atoms with Crippen LogP contribution in [0.25, 0.3) is 11.1 Å². The van der Waals surface area contributed by atoms with Crippen molar-refractivity contribution in [3.05, 3.63) is 52.5 Å². The predicted octanol–water partition coefficient (Wildman–Crippen LogP) is 4.29. The van der Waals surface area contributed by atoms with Gasteiger partial charge < -0.3 is 19.6 Å². The summed E-state index contributed by atoms with van der Waals surface area (Å²) in [6.45, 7) is 0. The van der Waals surface area contributed by atoms with E-state index in [9.17, 15) is 9.90 Å². The fraction of sp³-hybridized carbons (Fsp3) is 0.222. The van der Waals surface area contributed by atoms with Crippen molar-refractivity contribution in [3.8, 4) is 5.75 Å². The number of ether oxygens (including phenoxy) is 1. The lowest BCUT2D eigenvalue weighted by Gasteiger charge is -2.16. The Morgan fingerprint density at radius 1 is 1.36 bits per heavy atom. The van der Waals surface area contributed by atoms with Gasteiger partial charge in [-0.25, -0.2) is 4.79 Å². The molecule has 2 aromatic carbocycles. The summed E-state index contributed by atoms with van der Waals surface area (Å²) in [5, 5.41) is 13.2. The molecule has 1 saturated carbocycles. The summed E-state index contributed by atoms with van der Waals surface area (Å²) in [6, 6.07) is 10.9. The highest BCUT2D eigenvalue weighted by Crippen LogP contribution is 2.49. The van der Waals surface area contributed by atoms with Crippen LogP contribution in [0.1, 0.15) is 28.8 Å². The topological polar surface area (TPSA) is 84.6 Å². The molecule has 25 heavy (non-hydrogen) atoms. The number of carboxylic acids is 1. The van der Waals surface area contributed by atoms with E-state index in [2.05, 4.69) is 10.3 Å². The van der Waals surface area contributed by atoms with Crippen molar-refractivity contribution >= 4 is 34.7 Å². The molecule has 1 aromatic heterocycles. The van der Waals surface area contributed by atoms with E-state index in [1.54, 1.807) is 0 Å². The molecule has 3 aromatic rings. The zero-order valence-corrected chi connectivity index (χ0v) is 14.1. The molecule has 0 bridgehead atoms. The minimum atomic E-state index is -1.05. The van der Waals surface area contributed by atoms with Crippen LogP contribution in [-0.2, 0) is 5.54 Å². The lowest BCUT2D eigenvalue weighted by Crippen LogP contribution is -2.18. The molecule has 0 amide bonds. The first kappa shape index (κ1) is 15.8. The maximum absolute atomic E-state index is 11.2. The molecule has 0 aliphatic heterocycles. The average Bonchev–Trinajstić information content (AvgIpc) is 3.25. The predicted molar refractivity (Wildman–Crippen MR) is 93.5 cm³/mol. The highest BCUT2D eigenvalue weighted by molar-refractivity contribution is 6.30. The molecule has 128 valence electrons. The minimum Gasteiger partial charge on any atom is -0.493 e. The van der Waals surface area contributed by atoms with E-state index in [4.69, 9.17) is 20.8 Å². The van der Waals surface area contributed by atoms with Crippen molar-refractivity contribution < 1.29 is 19.1 Å². The Labute approximate surface area is 148 Å². The van der Waals surface area contributed by atoms with Gasteiger partial charge in [0.2, 0.25) is 0 Å². The number of carbonyl (C=O) groups is 1. The number of oxazole rings is 1. The number of benzene rings is 2. The second-order valence-corrected chi connectivity index (χ2v) is 6.50. The summed E-state index contributed by atoms with van der Waals surface area (Å²) < 4.78 is 11.0. The standard InChI is InChI=1S/C18H15ClN2O4/c1-24-14-8-10(16(22)23)7-13-15(14)25-17(20-13)21-18(5-6-18)11-3-2-4-12(19)9-11/h2-4,7-9H,5-6H2,1H3,(H,20,21)(H,22,23). The molecular formula is C18H15ClN2O4. The third-order valence-corrected chi connectivity index (χ3v) is 4.63. The number of aromatic nitrogens is 1. The minimum absolute atomic E-state index is 0.0974. The SMILES string of the molecule is COc1cc(C(=O)O)cc2nc(NC3(c4cccc(Cl)c4)CC3)oc12. The Morgan fingerprint density at radius 3 is 2.80 bits per heavy atom. The normalized spacial score (nSPS) is 15.1. The number of anilines is 1. The molecule has 0 radical (unpaired) electrons. The third-order valence-electron chi connectivity index (χ3n) is 4.40. The van der Waals surface area contributed by atoms with Crippen LogP contribution in [0.2, 0.25) is 5.02 Å². The van der Waals surface area contributed by atoms with Crippen molar-refractivity contribution in [1.82, 2.24) is 4.98 Å². The average molecular weight is 359 g/mol. The smallest absolute Gasteiger partial charge is 0.335 e. The number of hydrogen-bond donors (Lipinski definition) is 2. The lowest BCUT2D eigenvalue weighted by molar-refractivity contribution is 0.0696. The number of methoxy groups -OCH3 is 1. The van der Waals surface area contributed by atoms with Gasteiger partial charge in [0, 0.05) is 5.02 Å². The number of carboxylic acid groups (broad SMARTS) is 1. The Morgan fingerprint density at radius 2 is 2.16 bits per heavy atom. The zero-order valence-electron chi connectivity index (χ0n) is 13.4. The van der Waals surface area contributed by atoms with E-state index in [0.717, 1.165) is 18.4 Å². The van der Waals surface area contributed by atoms with Crippen LogP contribution in [0.5, 0.6) is 5.75 Å². The highest BCUT2D eigenvalue weighted by Gasteiger charge is 2.45. The van der Waals surface area contributed by atoms with Gasteiger partial charge in [-0.3, -0.25) is 0 Å². The van der Waals surface area contributed by atoms with E-state index in [0.29, 0.717) is 27.9 Å². The van der Waals surface area contributed by atoms with Crippen molar-refractivity contribution in [2.75, 3.05) is 12.4 Å². The van der Waals surface area contributed by atoms with E-state index >= 15 is 0 Å². The van der Waals surface area contributed by atoms with Crippen LogP contribution < -0.4 is 10.1 Å². The van der Waals surface area contributed by atoms with Gasteiger partial charge in [0.05, 0.1) is 18.2 Å². The van der Waals surface area contributed by atoms with Gasteiger partial charge in [0.1, 0.15) is 5.52 Å². The Hall–Kier alpha value is -2.73. The largest absolute Gasteiger partial charge is 0.493 e. The van der Waals surface area contributed by atoms with E-state index < -0.39 is 5.97 Å². The van der Waals surface area contributed by atoms with Gasteiger partial charge in [-0.2, -0.15) is 4.98 Å². The number of nitrogens with zero attached hydrogens (tertiary/aromatic N) is 1. The molecule has 1 fully saturated rings. The number of halogens is 1. The number of hydrogen-bond acceptors (Lipinski definition) is 5. The van der Waals surface area contributed by atoms with Gasteiger partial charge in [-0.15, -0.1) is 0 Å². The third kappa shape index (κ3) is 2.78. The number of nitrogens with one attached hydrogen (secondary N) is 1. The van der Waals surface area contributed by atoms with Crippen LogP contribution in [0.4, 0.5) is 6.01 Å². The van der Waals surface area contributed by atoms with Gasteiger partial charge in [0.15, 0.2) is 11.3 Å². The Balaban J connectivity index is 1.72. The quantitative estimate of drug-likeness (QED) is 0.707. The summed E-state index contributed by atoms with van der Waals surface area (Å²) in [6.07, 6.45) is 1.87. The van der Waals surface area contributed by atoms with E-state index in [-0.39, 0.29) is 11.1 Å². The maximum Gasteiger partial charge on any atom is 0.335 e. The number of aromatic carboxylic acids is 1. The first-order chi connectivity index (χ1) is 12.0. The van der Waals surface area contributed by atoms with Gasteiger partial charge >= 0.3 is 5.97 Å². The van der Waals surface area contributed by atoms with Crippen LogP contribution in [-0.4, -0.2) is 23.2 Å². The molecule has 7 heteroatoms. The van der Waals surface area contributed by atoms with Crippen LogP contribution >= 0.6 is 11.6 Å². The maximum atomic E-state index is 11.2. The van der Waals surface area contributed by atoms with Crippen LogP contribution in [0, 0.1) is 0 Å². The number of rotatable bonds is 5. The monoisotopic (exact) mass is 358 g/mol. The van der Waals surface area contributed by atoms with Crippen LogP contribution in [0.15, 0.2) is 40.8 Å². The van der Waals surface area contributed by atoms with E-state index in [1.807, 2.05) is 24.3 Å². The molecule has 6 nitrogen and oxygen atoms in total. The first-order valence-electron chi connectivity index (χ1n) is 7.77. The molecular weight excluding hydrogens is 344 g/mol. The van der Waals surface area contributed by atoms with Crippen LogP contribution in [0.3, 0.4) is 0 Å². The summed E-state index contributed by atoms with van der Waals surface area (Å²) in [4.78, 5) is 15.6. The van der Waals surface area contributed by atoms with Crippen molar-refractivity contribution in [3.63, 3.8) is 0 Å². The number of fused-ring (bicyclic) bond motifs is 1. The highest BCUT2D eigenvalue weighted by atomic mass is 35.5. The Bertz CT molecular complexity index is 978. The zero-order chi connectivity index (χ0) is 17.6. The fourth-order valence-electron chi connectivity index (χ4n) is 2.93. The fourth-order valence-corrected chi connectivity index (χ4v) is 3.12. The summed E-state index contributed by atoms with van der Waals surface area (Å²) in [5.41, 5.74) is 1.76. The summed E-state index contributed by atoms with van der Waals surface area (Å²) in [5.74, 6) is -0.710. The molecule has 2 N–H and O–H groups in total. The van der Waals surface area contributed by atoms with Gasteiger partial charge in [-0.05, 0) is 42.7 Å². The van der Waals surface area contributed by atoms with E-state index in [1.165, 1.54) is 19.2 Å². The first-order valence-corrected chi connectivity index (χ1v) is 8.15. The Kier molecular flexibility index (Phi) is 3.58.